The number of hydrogen-bond acceptors (Lipinski definition) is 2. The highest BCUT2D eigenvalue weighted by atomic mass is 19.4. The zero-order valence-corrected chi connectivity index (χ0v) is 13.4. The first-order chi connectivity index (χ1) is 12.0. The molecule has 2 aliphatic rings. The molecule has 2 nitrogen and oxygen atoms in total. The van der Waals surface area contributed by atoms with Crippen LogP contribution < -0.4 is 5.32 Å². The first-order valence-electron chi connectivity index (χ1n) is 8.39. The van der Waals surface area contributed by atoms with E-state index in [1.165, 1.54) is 12.1 Å². The molecule has 0 radical (unpaired) electrons. The summed E-state index contributed by atoms with van der Waals surface area (Å²) in [5.41, 5.74) is 1.94. The van der Waals surface area contributed by atoms with Crippen LogP contribution in [-0.2, 0) is 6.18 Å². The summed E-state index contributed by atoms with van der Waals surface area (Å²) in [6, 6.07) is 16.2. The van der Waals surface area contributed by atoms with Gasteiger partial charge >= 0.3 is 6.18 Å². The van der Waals surface area contributed by atoms with Crippen molar-refractivity contribution in [2.75, 3.05) is 5.32 Å². The molecule has 25 heavy (non-hydrogen) atoms. The Bertz CT molecular complexity index is 823. The van der Waals surface area contributed by atoms with Crippen LogP contribution in [0.15, 0.2) is 48.5 Å². The molecule has 5 heteroatoms. The summed E-state index contributed by atoms with van der Waals surface area (Å²) in [6.45, 7) is 0. The normalized spacial score (nSPS) is 27.8. The molecule has 0 aromatic heterocycles. The summed E-state index contributed by atoms with van der Waals surface area (Å²) >= 11 is 0. The zero-order chi connectivity index (χ0) is 17.6. The molecule has 1 aliphatic carbocycles. The minimum atomic E-state index is -4.35. The summed E-state index contributed by atoms with van der Waals surface area (Å²) < 4.78 is 39.3. The number of halogens is 3. The Morgan fingerprint density at radius 3 is 2.48 bits per heavy atom. The number of rotatable bonds is 1. The van der Waals surface area contributed by atoms with E-state index in [1.807, 2.05) is 30.3 Å². The zero-order valence-electron chi connectivity index (χ0n) is 13.4. The summed E-state index contributed by atoms with van der Waals surface area (Å²) in [6.07, 6.45) is -3.02. The van der Waals surface area contributed by atoms with Crippen LogP contribution in [-0.4, -0.2) is 0 Å². The SMILES string of the molecule is N#C[C@@H]1CC2[C@H](C1)c1cc(C(F)(F)F)ccc1N[C@H]2c1ccccc1. The van der Waals surface area contributed by atoms with Gasteiger partial charge in [-0.3, -0.25) is 0 Å². The molecule has 0 amide bonds. The quantitative estimate of drug-likeness (QED) is 0.742. The van der Waals surface area contributed by atoms with Crippen LogP contribution in [0, 0.1) is 23.2 Å². The van der Waals surface area contributed by atoms with Gasteiger partial charge in [0.05, 0.1) is 17.7 Å². The molecule has 4 rings (SSSR count). The van der Waals surface area contributed by atoms with Gasteiger partial charge in [-0.2, -0.15) is 18.4 Å². The van der Waals surface area contributed by atoms with E-state index in [0.717, 1.165) is 17.3 Å². The number of nitrogens with zero attached hydrogens (tertiary/aromatic N) is 1. The highest BCUT2D eigenvalue weighted by molar-refractivity contribution is 5.59. The van der Waals surface area contributed by atoms with Crippen LogP contribution in [0.25, 0.3) is 0 Å². The fraction of sp³-hybridized carbons (Fsp3) is 0.350. The van der Waals surface area contributed by atoms with Crippen LogP contribution in [0.3, 0.4) is 0 Å². The maximum Gasteiger partial charge on any atom is 0.416 e. The van der Waals surface area contributed by atoms with Crippen molar-refractivity contribution in [2.45, 2.75) is 31.0 Å². The van der Waals surface area contributed by atoms with Gasteiger partial charge in [0.15, 0.2) is 0 Å². The molecule has 0 spiro atoms. The molecule has 1 N–H and O–H groups in total. The largest absolute Gasteiger partial charge is 0.416 e. The second-order valence-electron chi connectivity index (χ2n) is 6.90. The third-order valence-electron chi connectivity index (χ3n) is 5.47. The maximum absolute atomic E-state index is 13.1. The van der Waals surface area contributed by atoms with Crippen LogP contribution in [0.2, 0.25) is 0 Å². The number of nitrogens with one attached hydrogen (secondary N) is 1. The Balaban J connectivity index is 1.79. The topological polar surface area (TPSA) is 35.8 Å². The Labute approximate surface area is 144 Å². The molecule has 2 aromatic carbocycles. The molecular formula is C20H17F3N2. The van der Waals surface area contributed by atoms with Crippen molar-refractivity contribution >= 4 is 5.69 Å². The Morgan fingerprint density at radius 2 is 1.80 bits per heavy atom. The molecule has 1 heterocycles. The van der Waals surface area contributed by atoms with Crippen molar-refractivity contribution in [3.63, 3.8) is 0 Å². The van der Waals surface area contributed by atoms with Crippen molar-refractivity contribution in [1.82, 2.24) is 0 Å². The minimum absolute atomic E-state index is 0.0200. The van der Waals surface area contributed by atoms with Gasteiger partial charge in [0.1, 0.15) is 0 Å². The predicted octanol–water partition coefficient (Wildman–Crippen LogP) is 5.51. The standard InChI is InChI=1S/C20H17F3N2/c21-20(22,23)14-6-7-18-16(10-14)15-8-12(11-24)9-17(15)19(25-18)13-4-2-1-3-5-13/h1-7,10,12,15,17,19,25H,8-9H2/t12-,15+,17?,19-/m0/s1. The second kappa shape index (κ2) is 5.80. The number of anilines is 1. The lowest BCUT2D eigenvalue weighted by Gasteiger charge is -2.38. The van der Waals surface area contributed by atoms with E-state index in [-0.39, 0.29) is 23.8 Å². The van der Waals surface area contributed by atoms with E-state index in [0.29, 0.717) is 18.4 Å². The highest BCUT2D eigenvalue weighted by Gasteiger charge is 2.45. The van der Waals surface area contributed by atoms with Crippen molar-refractivity contribution in [3.05, 3.63) is 65.2 Å². The lowest BCUT2D eigenvalue weighted by molar-refractivity contribution is -0.137. The van der Waals surface area contributed by atoms with Gasteiger partial charge in [0, 0.05) is 11.6 Å². The van der Waals surface area contributed by atoms with Crippen molar-refractivity contribution in [3.8, 4) is 6.07 Å². The van der Waals surface area contributed by atoms with E-state index < -0.39 is 11.7 Å². The molecule has 2 aromatic rings. The van der Waals surface area contributed by atoms with Crippen molar-refractivity contribution < 1.29 is 13.2 Å². The van der Waals surface area contributed by atoms with Crippen LogP contribution in [0.5, 0.6) is 0 Å². The maximum atomic E-state index is 13.1. The lowest BCUT2D eigenvalue weighted by atomic mass is 9.77. The van der Waals surface area contributed by atoms with Crippen LogP contribution >= 0.6 is 0 Å². The summed E-state index contributed by atoms with van der Waals surface area (Å²) in [5.74, 6) is -0.0000510. The second-order valence-corrected chi connectivity index (χ2v) is 6.90. The molecule has 1 unspecified atom stereocenters. The first-order valence-corrected chi connectivity index (χ1v) is 8.39. The van der Waals surface area contributed by atoms with E-state index in [1.54, 1.807) is 0 Å². The number of hydrogen-bond donors (Lipinski definition) is 1. The number of alkyl halides is 3. The van der Waals surface area contributed by atoms with E-state index in [9.17, 15) is 18.4 Å². The highest BCUT2D eigenvalue weighted by Crippen LogP contribution is 2.55. The van der Waals surface area contributed by atoms with Gasteiger partial charge in [-0.25, -0.2) is 0 Å². The average Bonchev–Trinajstić information content (AvgIpc) is 3.05. The van der Waals surface area contributed by atoms with Gasteiger partial charge in [-0.15, -0.1) is 0 Å². The average molecular weight is 342 g/mol. The lowest BCUT2D eigenvalue weighted by Crippen LogP contribution is -2.29. The van der Waals surface area contributed by atoms with Gasteiger partial charge in [-0.1, -0.05) is 30.3 Å². The fourth-order valence-electron chi connectivity index (χ4n) is 4.34. The molecule has 1 saturated carbocycles. The molecule has 1 aliphatic heterocycles. The van der Waals surface area contributed by atoms with Crippen LogP contribution in [0.4, 0.5) is 18.9 Å². The van der Waals surface area contributed by atoms with Crippen molar-refractivity contribution in [1.29, 1.82) is 5.26 Å². The van der Waals surface area contributed by atoms with E-state index in [4.69, 9.17) is 0 Å². The first kappa shape index (κ1) is 16.0. The smallest absolute Gasteiger partial charge is 0.378 e. The third-order valence-corrected chi connectivity index (χ3v) is 5.47. The number of fused-ring (bicyclic) bond motifs is 3. The molecule has 128 valence electrons. The fourth-order valence-corrected chi connectivity index (χ4v) is 4.34. The molecule has 0 bridgehead atoms. The Hall–Kier alpha value is -2.48. The number of benzene rings is 2. The summed E-state index contributed by atoms with van der Waals surface area (Å²) in [4.78, 5) is 0. The predicted molar refractivity (Wildman–Crippen MR) is 88.8 cm³/mol. The molecule has 1 fully saturated rings. The van der Waals surface area contributed by atoms with Crippen LogP contribution in [0.1, 0.15) is 41.5 Å². The molecule has 4 atom stereocenters. The molecule has 0 saturated heterocycles. The summed E-state index contributed by atoms with van der Waals surface area (Å²) in [5, 5.41) is 12.8. The van der Waals surface area contributed by atoms with Gasteiger partial charge in [0.25, 0.3) is 0 Å². The van der Waals surface area contributed by atoms with E-state index >= 15 is 0 Å². The Kier molecular flexibility index (Phi) is 3.72. The summed E-state index contributed by atoms with van der Waals surface area (Å²) in [7, 11) is 0. The Morgan fingerprint density at radius 1 is 1.04 bits per heavy atom. The van der Waals surface area contributed by atoms with Crippen molar-refractivity contribution in [2.24, 2.45) is 11.8 Å². The third kappa shape index (κ3) is 2.76. The van der Waals surface area contributed by atoms with Gasteiger partial charge in [0.2, 0.25) is 0 Å². The number of nitriles is 1. The molecular weight excluding hydrogens is 325 g/mol. The monoisotopic (exact) mass is 342 g/mol. The minimum Gasteiger partial charge on any atom is -0.378 e. The van der Waals surface area contributed by atoms with Gasteiger partial charge in [-0.05, 0) is 54.0 Å². The van der Waals surface area contributed by atoms with E-state index in [2.05, 4.69) is 11.4 Å². The van der Waals surface area contributed by atoms with Gasteiger partial charge < -0.3 is 5.32 Å².